The number of hydrogen-bond acceptors (Lipinski definition) is 4. The van der Waals surface area contributed by atoms with E-state index in [-0.39, 0.29) is 16.5 Å². The molecule has 21 heavy (non-hydrogen) atoms. The molecule has 0 saturated heterocycles. The van der Waals surface area contributed by atoms with E-state index in [2.05, 4.69) is 10.3 Å². The number of nitrogens with one attached hydrogen (secondary N) is 1. The van der Waals surface area contributed by atoms with Gasteiger partial charge in [-0.15, -0.1) is 11.3 Å². The molecular weight excluding hydrogens is 305 g/mol. The fourth-order valence-corrected chi connectivity index (χ4v) is 2.36. The first-order valence-electron chi connectivity index (χ1n) is 5.83. The summed E-state index contributed by atoms with van der Waals surface area (Å²) in [6, 6.07) is 1.83. The first kappa shape index (κ1) is 15.3. The number of hydrogen-bond donors (Lipinski definition) is 2. The van der Waals surface area contributed by atoms with Crippen LogP contribution >= 0.6 is 11.3 Å². The van der Waals surface area contributed by atoms with Crippen molar-refractivity contribution in [3.8, 4) is 0 Å². The van der Waals surface area contributed by atoms with Crippen LogP contribution in [0.5, 0.6) is 0 Å². The van der Waals surface area contributed by atoms with E-state index in [4.69, 9.17) is 5.11 Å². The van der Waals surface area contributed by atoms with Gasteiger partial charge in [0.2, 0.25) is 0 Å². The molecule has 0 unspecified atom stereocenters. The van der Waals surface area contributed by atoms with Gasteiger partial charge in [0.05, 0.1) is 11.4 Å². The Bertz CT molecular complexity index is 701. The monoisotopic (exact) mass is 316 g/mol. The number of halogens is 3. The largest absolute Gasteiger partial charge is 0.481 e. The summed E-state index contributed by atoms with van der Waals surface area (Å²) in [4.78, 5) is 15.2. The van der Waals surface area contributed by atoms with Crippen LogP contribution in [-0.2, 0) is 10.2 Å². The summed E-state index contributed by atoms with van der Waals surface area (Å²) in [5, 5.41) is 13.3. The van der Waals surface area contributed by atoms with Crippen LogP contribution in [0.25, 0.3) is 0 Å². The summed E-state index contributed by atoms with van der Waals surface area (Å²) in [6.45, 7) is 2.96. The van der Waals surface area contributed by atoms with Crippen molar-refractivity contribution in [1.82, 2.24) is 4.98 Å². The van der Waals surface area contributed by atoms with Crippen LogP contribution in [0.4, 0.5) is 24.0 Å². The van der Waals surface area contributed by atoms with Crippen LogP contribution in [0.3, 0.4) is 0 Å². The predicted molar refractivity (Wildman–Crippen MR) is 72.4 cm³/mol. The zero-order valence-corrected chi connectivity index (χ0v) is 11.9. The van der Waals surface area contributed by atoms with Crippen LogP contribution in [0, 0.1) is 17.5 Å². The van der Waals surface area contributed by atoms with Gasteiger partial charge in [0.25, 0.3) is 0 Å². The van der Waals surface area contributed by atoms with Crippen molar-refractivity contribution in [2.45, 2.75) is 19.3 Å². The molecule has 2 aromatic rings. The highest BCUT2D eigenvalue weighted by Gasteiger charge is 2.32. The third kappa shape index (κ3) is 2.85. The van der Waals surface area contributed by atoms with Crippen LogP contribution in [0.1, 0.15) is 19.5 Å². The highest BCUT2D eigenvalue weighted by atomic mass is 32.1. The molecule has 0 aliphatic rings. The quantitative estimate of drug-likeness (QED) is 0.845. The van der Waals surface area contributed by atoms with Crippen molar-refractivity contribution in [2.24, 2.45) is 0 Å². The van der Waals surface area contributed by atoms with Crippen LogP contribution < -0.4 is 5.32 Å². The lowest BCUT2D eigenvalue weighted by atomic mass is 9.90. The molecule has 1 heterocycles. The molecule has 0 atom stereocenters. The van der Waals surface area contributed by atoms with Gasteiger partial charge in [0, 0.05) is 5.38 Å². The van der Waals surface area contributed by atoms with Crippen LogP contribution in [-0.4, -0.2) is 16.1 Å². The van der Waals surface area contributed by atoms with E-state index >= 15 is 0 Å². The van der Waals surface area contributed by atoms with Gasteiger partial charge in [-0.25, -0.2) is 18.2 Å². The number of aliphatic carboxylic acids is 1. The molecule has 2 rings (SSSR count). The minimum absolute atomic E-state index is 0.184. The van der Waals surface area contributed by atoms with Gasteiger partial charge in [0.1, 0.15) is 5.41 Å². The molecule has 0 fully saturated rings. The topological polar surface area (TPSA) is 62.2 Å². The van der Waals surface area contributed by atoms with Crippen molar-refractivity contribution >= 4 is 28.1 Å². The van der Waals surface area contributed by atoms with E-state index in [0.29, 0.717) is 0 Å². The summed E-state index contributed by atoms with van der Waals surface area (Å²) in [5.41, 5.74) is -1.20. The van der Waals surface area contributed by atoms with Gasteiger partial charge in [-0.2, -0.15) is 0 Å². The Balaban J connectivity index is 2.29. The summed E-state index contributed by atoms with van der Waals surface area (Å²) in [7, 11) is 0. The van der Waals surface area contributed by atoms with Gasteiger partial charge in [-0.05, 0) is 26.0 Å². The molecule has 0 spiro atoms. The number of nitrogens with zero attached hydrogens (tertiary/aromatic N) is 1. The van der Waals surface area contributed by atoms with Crippen molar-refractivity contribution in [3.63, 3.8) is 0 Å². The van der Waals surface area contributed by atoms with E-state index < -0.39 is 28.8 Å². The fourth-order valence-electron chi connectivity index (χ4n) is 1.47. The summed E-state index contributed by atoms with van der Waals surface area (Å²) in [6.07, 6.45) is 0. The van der Waals surface area contributed by atoms with Gasteiger partial charge in [-0.3, -0.25) is 4.79 Å². The molecule has 1 aromatic heterocycles. The molecule has 0 radical (unpaired) electrons. The van der Waals surface area contributed by atoms with Gasteiger partial charge >= 0.3 is 5.97 Å². The third-order valence-electron chi connectivity index (χ3n) is 2.96. The van der Waals surface area contributed by atoms with Crippen molar-refractivity contribution in [1.29, 1.82) is 0 Å². The summed E-state index contributed by atoms with van der Waals surface area (Å²) < 4.78 is 39.5. The zero-order valence-electron chi connectivity index (χ0n) is 11.1. The predicted octanol–water partition coefficient (Wildman–Crippen LogP) is 3.67. The molecule has 0 aliphatic heterocycles. The maximum atomic E-state index is 13.5. The maximum absolute atomic E-state index is 13.5. The van der Waals surface area contributed by atoms with Gasteiger partial charge in [0.15, 0.2) is 22.6 Å². The van der Waals surface area contributed by atoms with Crippen molar-refractivity contribution in [3.05, 3.63) is 40.7 Å². The lowest BCUT2D eigenvalue weighted by molar-refractivity contribution is -0.142. The lowest BCUT2D eigenvalue weighted by Gasteiger charge is -2.15. The Labute approximate surface area is 122 Å². The maximum Gasteiger partial charge on any atom is 0.315 e. The number of rotatable bonds is 4. The van der Waals surface area contributed by atoms with E-state index in [1.54, 1.807) is 0 Å². The number of carboxylic acid groups (broad SMARTS) is 1. The molecule has 8 heteroatoms. The SMILES string of the molecule is CC(C)(C(=O)O)c1csc(Nc2ccc(F)c(F)c2F)n1. The van der Waals surface area contributed by atoms with E-state index in [9.17, 15) is 18.0 Å². The van der Waals surface area contributed by atoms with Crippen molar-refractivity contribution < 1.29 is 23.1 Å². The van der Waals surface area contributed by atoms with Crippen LogP contribution in [0.15, 0.2) is 17.5 Å². The highest BCUT2D eigenvalue weighted by molar-refractivity contribution is 7.13. The number of benzene rings is 1. The Hall–Kier alpha value is -2.09. The first-order valence-corrected chi connectivity index (χ1v) is 6.71. The lowest BCUT2D eigenvalue weighted by Crippen LogP contribution is -2.28. The number of aromatic nitrogens is 1. The second-order valence-electron chi connectivity index (χ2n) is 4.82. The second kappa shape index (κ2) is 5.36. The smallest absolute Gasteiger partial charge is 0.315 e. The second-order valence-corrected chi connectivity index (χ2v) is 5.67. The normalized spacial score (nSPS) is 11.5. The first-order chi connectivity index (χ1) is 9.73. The summed E-state index contributed by atoms with van der Waals surface area (Å²) >= 11 is 1.04. The number of anilines is 2. The third-order valence-corrected chi connectivity index (χ3v) is 3.71. The van der Waals surface area contributed by atoms with E-state index in [0.717, 1.165) is 23.5 Å². The molecule has 0 aliphatic carbocycles. The van der Waals surface area contributed by atoms with Gasteiger partial charge < -0.3 is 10.4 Å². The van der Waals surface area contributed by atoms with Gasteiger partial charge in [-0.1, -0.05) is 0 Å². The Morgan fingerprint density at radius 2 is 1.95 bits per heavy atom. The standard InChI is InChI=1S/C13H11F3N2O2S/c1-13(2,11(19)20)8-5-21-12(18-8)17-7-4-3-6(14)9(15)10(7)16/h3-5H,1-2H3,(H,17,18)(H,19,20). The summed E-state index contributed by atoms with van der Waals surface area (Å²) in [5.74, 6) is -5.28. The minimum atomic E-state index is -1.58. The molecule has 0 bridgehead atoms. The highest BCUT2D eigenvalue weighted by Crippen LogP contribution is 2.30. The molecule has 112 valence electrons. The molecule has 4 nitrogen and oxygen atoms in total. The molecule has 2 N–H and O–H groups in total. The molecule has 1 aromatic carbocycles. The molecular formula is C13H11F3N2O2S. The number of thiazole rings is 1. The Kier molecular flexibility index (Phi) is 3.91. The average molecular weight is 316 g/mol. The minimum Gasteiger partial charge on any atom is -0.481 e. The number of carbonyl (C=O) groups is 1. The fraction of sp³-hybridized carbons (Fsp3) is 0.231. The van der Waals surface area contributed by atoms with Crippen molar-refractivity contribution in [2.75, 3.05) is 5.32 Å². The molecule has 0 saturated carbocycles. The number of carboxylic acids is 1. The Morgan fingerprint density at radius 1 is 1.29 bits per heavy atom. The average Bonchev–Trinajstić information content (AvgIpc) is 2.88. The Morgan fingerprint density at radius 3 is 2.57 bits per heavy atom. The zero-order chi connectivity index (χ0) is 15.8. The molecule has 0 amide bonds. The van der Waals surface area contributed by atoms with E-state index in [1.165, 1.54) is 19.2 Å². The van der Waals surface area contributed by atoms with E-state index in [1.807, 2.05) is 0 Å². The van der Waals surface area contributed by atoms with Crippen LogP contribution in [0.2, 0.25) is 0 Å².